The summed E-state index contributed by atoms with van der Waals surface area (Å²) in [6.45, 7) is 7.03. The van der Waals surface area contributed by atoms with Crippen LogP contribution >= 0.6 is 12.4 Å². The maximum Gasteiger partial charge on any atom is 0.225 e. The summed E-state index contributed by atoms with van der Waals surface area (Å²) < 4.78 is 0. The Balaban J connectivity index is 0.00000200. The Bertz CT molecular complexity index is 377. The number of amides is 2. The Morgan fingerprint density at radius 1 is 1.45 bits per heavy atom. The van der Waals surface area contributed by atoms with E-state index in [0.29, 0.717) is 25.4 Å². The molecule has 0 aromatic heterocycles. The Hall–Kier alpha value is -0.810. The average Bonchev–Trinajstić information content (AvgIpc) is 3.07. The summed E-state index contributed by atoms with van der Waals surface area (Å²) in [5.74, 6) is 0.394. The summed E-state index contributed by atoms with van der Waals surface area (Å²) in [6, 6.07) is 0.0692. The molecule has 0 spiro atoms. The first kappa shape index (κ1) is 17.2. The predicted octanol–water partition coefficient (Wildman–Crippen LogP) is 0.909. The first-order valence-corrected chi connectivity index (χ1v) is 7.13. The second-order valence-corrected chi connectivity index (χ2v) is 6.82. The van der Waals surface area contributed by atoms with Crippen molar-refractivity contribution in [1.82, 2.24) is 10.2 Å². The molecule has 3 N–H and O–H groups in total. The van der Waals surface area contributed by atoms with Crippen LogP contribution in [0.15, 0.2) is 0 Å². The molecule has 2 unspecified atom stereocenters. The number of carbonyl (C=O) groups is 2. The van der Waals surface area contributed by atoms with Gasteiger partial charge < -0.3 is 16.0 Å². The first-order valence-electron chi connectivity index (χ1n) is 7.13. The number of hydrogen-bond acceptors (Lipinski definition) is 3. The van der Waals surface area contributed by atoms with Gasteiger partial charge in [0.05, 0.1) is 5.92 Å². The second-order valence-electron chi connectivity index (χ2n) is 6.82. The van der Waals surface area contributed by atoms with Gasteiger partial charge in [-0.3, -0.25) is 9.59 Å². The van der Waals surface area contributed by atoms with Crippen molar-refractivity contribution in [3.05, 3.63) is 0 Å². The van der Waals surface area contributed by atoms with Gasteiger partial charge in [-0.15, -0.1) is 12.4 Å². The van der Waals surface area contributed by atoms with Gasteiger partial charge in [0.2, 0.25) is 11.8 Å². The Morgan fingerprint density at radius 3 is 2.50 bits per heavy atom. The normalized spacial score (nSPS) is 24.3. The van der Waals surface area contributed by atoms with Crippen LogP contribution in [0.2, 0.25) is 0 Å². The van der Waals surface area contributed by atoms with Crippen molar-refractivity contribution in [2.75, 3.05) is 13.1 Å². The Morgan fingerprint density at radius 2 is 2.05 bits per heavy atom. The van der Waals surface area contributed by atoms with E-state index >= 15 is 0 Å². The van der Waals surface area contributed by atoms with E-state index < -0.39 is 0 Å². The molecule has 1 heterocycles. The maximum absolute atomic E-state index is 12.1. The fourth-order valence-corrected chi connectivity index (χ4v) is 2.59. The van der Waals surface area contributed by atoms with Crippen LogP contribution in [0.3, 0.4) is 0 Å². The minimum atomic E-state index is -0.224. The van der Waals surface area contributed by atoms with Crippen molar-refractivity contribution in [1.29, 1.82) is 0 Å². The molecule has 2 aliphatic rings. The van der Waals surface area contributed by atoms with Gasteiger partial charge in [0, 0.05) is 31.1 Å². The molecule has 2 rings (SSSR count). The Labute approximate surface area is 127 Å². The fraction of sp³-hybridized carbons (Fsp3) is 0.857. The zero-order valence-electron chi connectivity index (χ0n) is 12.5. The van der Waals surface area contributed by atoms with Gasteiger partial charge in [0.1, 0.15) is 0 Å². The van der Waals surface area contributed by atoms with Gasteiger partial charge in [0.15, 0.2) is 0 Å². The van der Waals surface area contributed by atoms with E-state index in [4.69, 9.17) is 5.73 Å². The number of nitrogens with one attached hydrogen (secondary N) is 1. The Kier molecular flexibility index (Phi) is 5.44. The topological polar surface area (TPSA) is 75.4 Å². The summed E-state index contributed by atoms with van der Waals surface area (Å²) >= 11 is 0. The van der Waals surface area contributed by atoms with Gasteiger partial charge >= 0.3 is 0 Å². The van der Waals surface area contributed by atoms with Crippen LogP contribution in [-0.4, -0.2) is 41.4 Å². The van der Waals surface area contributed by atoms with Crippen LogP contribution in [-0.2, 0) is 9.59 Å². The van der Waals surface area contributed by atoms with Gasteiger partial charge in [-0.2, -0.15) is 0 Å². The van der Waals surface area contributed by atoms with Crippen LogP contribution < -0.4 is 11.1 Å². The number of likely N-dealkylation sites (tertiary alicyclic amines) is 1. The van der Waals surface area contributed by atoms with Crippen LogP contribution in [0.1, 0.15) is 40.0 Å². The lowest BCUT2D eigenvalue weighted by Crippen LogP contribution is -2.44. The summed E-state index contributed by atoms with van der Waals surface area (Å²) in [5.41, 5.74) is 5.75. The SMILES string of the molecule is CC(C)(C)N1CC(C(=O)NCC(N)C2CC2)CC1=O.Cl. The molecule has 2 amide bonds. The third-order valence-corrected chi connectivity index (χ3v) is 4.05. The molecule has 6 heteroatoms. The largest absolute Gasteiger partial charge is 0.354 e. The van der Waals surface area contributed by atoms with Gasteiger partial charge in [-0.05, 0) is 39.5 Å². The van der Waals surface area contributed by atoms with Crippen LogP contribution in [0.25, 0.3) is 0 Å². The van der Waals surface area contributed by atoms with E-state index in [-0.39, 0.29) is 41.7 Å². The molecule has 1 saturated heterocycles. The number of nitrogens with zero attached hydrogens (tertiary/aromatic N) is 1. The molecule has 0 aromatic carbocycles. The lowest BCUT2D eigenvalue weighted by atomic mass is 10.1. The third-order valence-electron chi connectivity index (χ3n) is 4.05. The summed E-state index contributed by atoms with van der Waals surface area (Å²) in [5, 5.41) is 2.90. The molecule has 0 bridgehead atoms. The van der Waals surface area contributed by atoms with Crippen molar-refractivity contribution in [3.8, 4) is 0 Å². The van der Waals surface area contributed by atoms with Crippen LogP contribution in [0.5, 0.6) is 0 Å². The molecule has 5 nitrogen and oxygen atoms in total. The van der Waals surface area contributed by atoms with Crippen molar-refractivity contribution in [3.63, 3.8) is 0 Å². The lowest BCUT2D eigenvalue weighted by Gasteiger charge is -2.32. The minimum absolute atomic E-state index is 0. The average molecular weight is 304 g/mol. The predicted molar refractivity (Wildman–Crippen MR) is 80.5 cm³/mol. The van der Waals surface area contributed by atoms with E-state index in [0.717, 1.165) is 0 Å². The van der Waals surface area contributed by atoms with E-state index in [1.165, 1.54) is 12.8 Å². The first-order chi connectivity index (χ1) is 8.79. The lowest BCUT2D eigenvalue weighted by molar-refractivity contribution is -0.132. The van der Waals surface area contributed by atoms with Crippen LogP contribution in [0, 0.1) is 11.8 Å². The molecule has 0 aromatic rings. The quantitative estimate of drug-likeness (QED) is 0.810. The highest BCUT2D eigenvalue weighted by Gasteiger charge is 2.39. The van der Waals surface area contributed by atoms with Crippen molar-refractivity contribution in [2.24, 2.45) is 17.6 Å². The van der Waals surface area contributed by atoms with Gasteiger partial charge in [-0.25, -0.2) is 0 Å². The fourth-order valence-electron chi connectivity index (χ4n) is 2.59. The molecule has 0 radical (unpaired) electrons. The number of halogens is 1. The highest BCUT2D eigenvalue weighted by atomic mass is 35.5. The number of carbonyl (C=O) groups excluding carboxylic acids is 2. The summed E-state index contributed by atoms with van der Waals surface area (Å²) in [7, 11) is 0. The highest BCUT2D eigenvalue weighted by Crippen LogP contribution is 2.31. The van der Waals surface area contributed by atoms with Crippen molar-refractivity contribution >= 4 is 24.2 Å². The van der Waals surface area contributed by atoms with Gasteiger partial charge in [0.25, 0.3) is 0 Å². The van der Waals surface area contributed by atoms with E-state index in [9.17, 15) is 9.59 Å². The maximum atomic E-state index is 12.1. The molecule has 1 aliphatic carbocycles. The van der Waals surface area contributed by atoms with E-state index in [2.05, 4.69) is 5.32 Å². The molecule has 2 atom stereocenters. The standard InChI is InChI=1S/C14H25N3O2.ClH/c1-14(2,3)17-8-10(6-12(17)18)13(19)16-7-11(15)9-4-5-9;/h9-11H,4-8,15H2,1-3H3,(H,16,19);1H. The van der Waals surface area contributed by atoms with Crippen LogP contribution in [0.4, 0.5) is 0 Å². The molecular formula is C14H26ClN3O2. The van der Waals surface area contributed by atoms with Crippen molar-refractivity contribution < 1.29 is 9.59 Å². The summed E-state index contributed by atoms with van der Waals surface area (Å²) in [6.07, 6.45) is 2.68. The molecule has 2 fully saturated rings. The summed E-state index contributed by atoms with van der Waals surface area (Å²) in [4.78, 5) is 25.8. The van der Waals surface area contributed by atoms with Gasteiger partial charge in [-0.1, -0.05) is 0 Å². The molecule has 116 valence electrons. The molecular weight excluding hydrogens is 278 g/mol. The molecule has 1 aliphatic heterocycles. The second kappa shape index (κ2) is 6.31. The third kappa shape index (κ3) is 4.09. The smallest absolute Gasteiger partial charge is 0.225 e. The minimum Gasteiger partial charge on any atom is -0.354 e. The van der Waals surface area contributed by atoms with E-state index in [1.54, 1.807) is 4.90 Å². The zero-order valence-corrected chi connectivity index (χ0v) is 13.3. The van der Waals surface area contributed by atoms with Crippen molar-refractivity contribution in [2.45, 2.75) is 51.6 Å². The highest BCUT2D eigenvalue weighted by molar-refractivity contribution is 5.89. The number of rotatable bonds is 4. The molecule has 1 saturated carbocycles. The zero-order chi connectivity index (χ0) is 14.2. The van der Waals surface area contributed by atoms with E-state index in [1.807, 2.05) is 20.8 Å². The number of hydrogen-bond donors (Lipinski definition) is 2. The number of nitrogens with two attached hydrogens (primary N) is 1. The molecule has 20 heavy (non-hydrogen) atoms. The monoisotopic (exact) mass is 303 g/mol.